The molecule has 204 valence electrons. The van der Waals surface area contributed by atoms with E-state index in [4.69, 9.17) is 4.74 Å². The fraction of sp³-hybridized carbons (Fsp3) is 0.481. The number of β-lactam (4-membered cyclic amide) rings is 1. The van der Waals surface area contributed by atoms with Crippen molar-refractivity contribution in [2.24, 2.45) is 5.92 Å². The average Bonchev–Trinajstić information content (AvgIpc) is 3.41. The summed E-state index contributed by atoms with van der Waals surface area (Å²) in [5, 5.41) is 0. The molecule has 1 amide bonds. The zero-order valence-electron chi connectivity index (χ0n) is 22.0. The number of aromatic nitrogens is 2. The van der Waals surface area contributed by atoms with Gasteiger partial charge < -0.3 is 19.1 Å². The molecular formula is C27H32F4N4O2Si. The summed E-state index contributed by atoms with van der Waals surface area (Å²) < 4.78 is 65.5. The van der Waals surface area contributed by atoms with E-state index < -0.39 is 44.1 Å². The first-order valence-electron chi connectivity index (χ1n) is 12.8. The van der Waals surface area contributed by atoms with Crippen LogP contribution in [0.5, 0.6) is 0 Å². The van der Waals surface area contributed by atoms with Crippen molar-refractivity contribution < 1.29 is 27.1 Å². The van der Waals surface area contributed by atoms with Crippen LogP contribution in [-0.2, 0) is 16.3 Å². The van der Waals surface area contributed by atoms with Crippen molar-refractivity contribution in [1.29, 1.82) is 0 Å². The molecule has 0 bridgehead atoms. The van der Waals surface area contributed by atoms with E-state index in [2.05, 4.69) is 24.6 Å². The first kappa shape index (κ1) is 26.7. The maximum absolute atomic E-state index is 15.3. The third-order valence-corrected chi connectivity index (χ3v) is 9.09. The van der Waals surface area contributed by atoms with E-state index in [0.717, 1.165) is 23.7 Å². The van der Waals surface area contributed by atoms with Crippen molar-refractivity contribution in [3.63, 3.8) is 0 Å². The Labute approximate surface area is 220 Å². The summed E-state index contributed by atoms with van der Waals surface area (Å²) in [4.78, 5) is 19.9. The molecule has 3 aromatic rings. The lowest BCUT2D eigenvalue weighted by Crippen LogP contribution is -2.54. The highest BCUT2D eigenvalue weighted by Gasteiger charge is 2.48. The van der Waals surface area contributed by atoms with Gasteiger partial charge in [-0.15, -0.1) is 0 Å². The van der Waals surface area contributed by atoms with Crippen molar-refractivity contribution in [2.45, 2.75) is 57.7 Å². The number of carbonyl (C=O) groups is 1. The van der Waals surface area contributed by atoms with E-state index in [1.807, 2.05) is 10.6 Å². The van der Waals surface area contributed by atoms with Crippen LogP contribution in [0, 0.1) is 17.6 Å². The van der Waals surface area contributed by atoms with Crippen LogP contribution in [0.25, 0.3) is 11.0 Å². The number of carbonyl (C=O) groups excluding carboxylic acids is 1. The Hall–Kier alpha value is -2.92. The van der Waals surface area contributed by atoms with Crippen molar-refractivity contribution in [3.05, 3.63) is 53.9 Å². The van der Waals surface area contributed by atoms with Crippen LogP contribution >= 0.6 is 0 Å². The van der Waals surface area contributed by atoms with Gasteiger partial charge in [0, 0.05) is 44.6 Å². The summed E-state index contributed by atoms with van der Waals surface area (Å²) in [5.41, 5.74) is 1.77. The van der Waals surface area contributed by atoms with Gasteiger partial charge in [0.2, 0.25) is 5.91 Å². The lowest BCUT2D eigenvalue weighted by Gasteiger charge is -2.46. The largest absolute Gasteiger partial charge is 0.365 e. The molecule has 6 nitrogen and oxygen atoms in total. The van der Waals surface area contributed by atoms with Gasteiger partial charge in [-0.05, 0) is 36.4 Å². The average molecular weight is 549 g/mol. The summed E-state index contributed by atoms with van der Waals surface area (Å²) in [6.45, 7) is 8.96. The lowest BCUT2D eigenvalue weighted by atomic mass is 9.82. The second-order valence-corrected chi connectivity index (χ2v) is 17.1. The zero-order chi connectivity index (χ0) is 27.4. The highest BCUT2D eigenvalue weighted by Crippen LogP contribution is 2.46. The molecule has 2 aliphatic rings. The summed E-state index contributed by atoms with van der Waals surface area (Å²) in [5.74, 6) is -5.50. The minimum absolute atomic E-state index is 0.0195. The highest BCUT2D eigenvalue weighted by atomic mass is 28.3. The number of halogens is 4. The first-order chi connectivity index (χ1) is 17.8. The number of benzene rings is 2. The van der Waals surface area contributed by atoms with E-state index in [1.54, 1.807) is 25.4 Å². The van der Waals surface area contributed by atoms with Crippen molar-refractivity contribution >= 4 is 36.4 Å². The predicted octanol–water partition coefficient (Wildman–Crippen LogP) is 6.20. The van der Waals surface area contributed by atoms with E-state index >= 15 is 8.78 Å². The Kier molecular flexibility index (Phi) is 6.79. The summed E-state index contributed by atoms with van der Waals surface area (Å²) in [6.07, 6.45) is 1.31. The molecule has 2 unspecified atom stereocenters. The molecule has 0 spiro atoms. The van der Waals surface area contributed by atoms with Crippen LogP contribution in [0.15, 0.2) is 36.7 Å². The van der Waals surface area contributed by atoms with Crippen LogP contribution in [0.2, 0.25) is 25.7 Å². The van der Waals surface area contributed by atoms with Crippen LogP contribution in [0.3, 0.4) is 0 Å². The van der Waals surface area contributed by atoms with Crippen LogP contribution in [0.1, 0.15) is 24.9 Å². The maximum Gasteiger partial charge on any atom is 0.266 e. The number of alkyl halides is 2. The molecule has 2 atom stereocenters. The second kappa shape index (κ2) is 9.67. The third kappa shape index (κ3) is 5.05. The number of anilines is 2. The van der Waals surface area contributed by atoms with Gasteiger partial charge in [-0.25, -0.2) is 22.5 Å². The van der Waals surface area contributed by atoms with Crippen molar-refractivity contribution in [2.75, 3.05) is 29.5 Å². The van der Waals surface area contributed by atoms with E-state index in [0.29, 0.717) is 24.5 Å². The maximum atomic E-state index is 15.3. The summed E-state index contributed by atoms with van der Waals surface area (Å²) in [6, 6.07) is 7.63. The SMILES string of the molecule is CC1C(=O)N(c2ccc3c(c2)ncn3COCC[Si](C)(C)C)C1c1c(F)cc(N2CCC(F)(F)C2)cc1F. The molecule has 2 saturated heterocycles. The second-order valence-electron chi connectivity index (χ2n) is 11.5. The van der Waals surface area contributed by atoms with Crippen molar-refractivity contribution in [1.82, 2.24) is 9.55 Å². The predicted molar refractivity (Wildman–Crippen MR) is 141 cm³/mol. The molecule has 3 heterocycles. The number of ether oxygens (including phenoxy) is 1. The molecule has 5 rings (SSSR count). The third-order valence-electron chi connectivity index (χ3n) is 7.38. The van der Waals surface area contributed by atoms with E-state index in [9.17, 15) is 13.6 Å². The van der Waals surface area contributed by atoms with Crippen LogP contribution in [0.4, 0.5) is 28.9 Å². The van der Waals surface area contributed by atoms with E-state index in [-0.39, 0.29) is 30.1 Å². The standard InChI is InChI=1S/C27H32F4N4O2Si/c1-17-25(24-20(28)11-19(12-21(24)29)33-8-7-27(30,31)14-33)35(26(17)36)18-5-6-23-22(13-18)32-15-34(23)16-37-9-10-38(2,3)4/h5-6,11-13,15,17,25H,7-10,14,16H2,1-4H3. The first-order valence-corrected chi connectivity index (χ1v) is 16.5. The van der Waals surface area contributed by atoms with Gasteiger partial charge >= 0.3 is 0 Å². The Bertz CT molecular complexity index is 1350. The molecule has 2 fully saturated rings. The van der Waals surface area contributed by atoms with Crippen LogP contribution < -0.4 is 9.80 Å². The van der Waals surface area contributed by atoms with Gasteiger partial charge in [0.15, 0.2) is 0 Å². The number of amides is 1. The van der Waals surface area contributed by atoms with Gasteiger partial charge in [-0.2, -0.15) is 0 Å². The molecule has 0 N–H and O–H groups in total. The quantitative estimate of drug-likeness (QED) is 0.146. The Morgan fingerprint density at radius 1 is 1.11 bits per heavy atom. The molecule has 0 aliphatic carbocycles. The molecule has 0 saturated carbocycles. The molecule has 38 heavy (non-hydrogen) atoms. The normalized spacial score (nSPS) is 21.4. The minimum atomic E-state index is -2.89. The van der Waals surface area contributed by atoms with Gasteiger partial charge in [-0.3, -0.25) is 4.79 Å². The Morgan fingerprint density at radius 3 is 2.45 bits per heavy atom. The Balaban J connectivity index is 1.37. The van der Waals surface area contributed by atoms with Crippen LogP contribution in [-0.4, -0.2) is 49.2 Å². The fourth-order valence-electron chi connectivity index (χ4n) is 5.14. The highest BCUT2D eigenvalue weighted by molar-refractivity contribution is 6.76. The van der Waals surface area contributed by atoms with Gasteiger partial charge in [0.05, 0.1) is 35.9 Å². The number of hydrogen-bond donors (Lipinski definition) is 0. The Morgan fingerprint density at radius 2 is 1.82 bits per heavy atom. The number of imidazole rings is 1. The zero-order valence-corrected chi connectivity index (χ0v) is 23.0. The number of rotatable bonds is 8. The molecule has 2 aromatic carbocycles. The molecule has 2 aliphatic heterocycles. The fourth-order valence-corrected chi connectivity index (χ4v) is 5.90. The summed E-state index contributed by atoms with van der Waals surface area (Å²) in [7, 11) is -1.20. The smallest absolute Gasteiger partial charge is 0.266 e. The monoisotopic (exact) mass is 548 g/mol. The molecular weight excluding hydrogens is 516 g/mol. The van der Waals surface area contributed by atoms with Gasteiger partial charge in [-0.1, -0.05) is 26.6 Å². The molecule has 1 aromatic heterocycles. The number of hydrogen-bond acceptors (Lipinski definition) is 4. The number of fused-ring (bicyclic) bond motifs is 1. The minimum Gasteiger partial charge on any atom is -0.365 e. The molecule has 0 radical (unpaired) electrons. The van der Waals surface area contributed by atoms with Crippen molar-refractivity contribution in [3.8, 4) is 0 Å². The summed E-state index contributed by atoms with van der Waals surface area (Å²) >= 11 is 0. The number of nitrogens with zero attached hydrogens (tertiary/aromatic N) is 4. The lowest BCUT2D eigenvalue weighted by molar-refractivity contribution is -0.129. The molecule has 11 heteroatoms. The van der Waals surface area contributed by atoms with E-state index in [1.165, 1.54) is 9.80 Å². The topological polar surface area (TPSA) is 50.6 Å². The van der Waals surface area contributed by atoms with Gasteiger partial charge in [0.25, 0.3) is 5.92 Å². The van der Waals surface area contributed by atoms with Gasteiger partial charge in [0.1, 0.15) is 18.4 Å².